The van der Waals surface area contributed by atoms with Gasteiger partial charge in [-0.05, 0) is 51.0 Å². The normalized spacial score (nSPS) is 12.9. The average molecular weight is 249 g/mol. The number of pyridine rings is 1. The van der Waals surface area contributed by atoms with Crippen LogP contribution in [0.15, 0.2) is 24.5 Å². The van der Waals surface area contributed by atoms with Crippen molar-refractivity contribution in [2.24, 2.45) is 0 Å². The summed E-state index contributed by atoms with van der Waals surface area (Å²) in [4.78, 5) is 6.52. The maximum Gasteiger partial charge on any atom is 0.0312 e. The van der Waals surface area contributed by atoms with E-state index in [0.29, 0.717) is 6.04 Å². The SMILES string of the molecule is CCNC(CC)CCCN(C)Cc1cccnc1. The highest BCUT2D eigenvalue weighted by Crippen LogP contribution is 2.05. The molecule has 3 heteroatoms. The molecule has 0 spiro atoms. The molecular weight excluding hydrogens is 222 g/mol. The number of nitrogens with one attached hydrogen (secondary N) is 1. The second-order valence-corrected chi connectivity index (χ2v) is 4.90. The molecule has 0 aliphatic rings. The second-order valence-electron chi connectivity index (χ2n) is 4.90. The van der Waals surface area contributed by atoms with Gasteiger partial charge in [-0.15, -0.1) is 0 Å². The Labute approximate surface area is 112 Å². The molecule has 1 aromatic rings. The van der Waals surface area contributed by atoms with Crippen LogP contribution in [0.3, 0.4) is 0 Å². The highest BCUT2D eigenvalue weighted by Gasteiger charge is 2.05. The Hall–Kier alpha value is -0.930. The van der Waals surface area contributed by atoms with Crippen LogP contribution in [0.4, 0.5) is 0 Å². The molecule has 1 aromatic heterocycles. The van der Waals surface area contributed by atoms with E-state index in [4.69, 9.17) is 0 Å². The van der Waals surface area contributed by atoms with Crippen LogP contribution in [-0.4, -0.2) is 36.1 Å². The summed E-state index contributed by atoms with van der Waals surface area (Å²) < 4.78 is 0. The molecule has 0 amide bonds. The third-order valence-corrected chi connectivity index (χ3v) is 3.25. The fourth-order valence-corrected chi connectivity index (χ4v) is 2.23. The van der Waals surface area contributed by atoms with Crippen LogP contribution >= 0.6 is 0 Å². The second kappa shape index (κ2) is 9.06. The lowest BCUT2D eigenvalue weighted by atomic mass is 10.1. The van der Waals surface area contributed by atoms with E-state index in [1.807, 2.05) is 18.5 Å². The van der Waals surface area contributed by atoms with Crippen molar-refractivity contribution >= 4 is 0 Å². The predicted molar refractivity (Wildman–Crippen MR) is 77.6 cm³/mol. The Morgan fingerprint density at radius 2 is 2.22 bits per heavy atom. The summed E-state index contributed by atoms with van der Waals surface area (Å²) in [5, 5.41) is 3.53. The molecule has 0 fully saturated rings. The van der Waals surface area contributed by atoms with Gasteiger partial charge in [0, 0.05) is 25.0 Å². The Morgan fingerprint density at radius 3 is 2.83 bits per heavy atom. The van der Waals surface area contributed by atoms with Crippen molar-refractivity contribution < 1.29 is 0 Å². The van der Waals surface area contributed by atoms with Crippen molar-refractivity contribution in [1.29, 1.82) is 0 Å². The molecule has 1 unspecified atom stereocenters. The molecule has 0 aliphatic carbocycles. The molecule has 102 valence electrons. The smallest absolute Gasteiger partial charge is 0.0312 e. The monoisotopic (exact) mass is 249 g/mol. The maximum atomic E-state index is 4.15. The lowest BCUT2D eigenvalue weighted by molar-refractivity contribution is 0.307. The Morgan fingerprint density at radius 1 is 1.39 bits per heavy atom. The molecule has 1 atom stereocenters. The maximum absolute atomic E-state index is 4.15. The molecule has 0 bridgehead atoms. The number of hydrogen-bond donors (Lipinski definition) is 1. The number of nitrogens with zero attached hydrogens (tertiary/aromatic N) is 2. The van der Waals surface area contributed by atoms with Gasteiger partial charge in [0.15, 0.2) is 0 Å². The van der Waals surface area contributed by atoms with Gasteiger partial charge in [0.2, 0.25) is 0 Å². The van der Waals surface area contributed by atoms with Gasteiger partial charge in [0.1, 0.15) is 0 Å². The van der Waals surface area contributed by atoms with Crippen molar-refractivity contribution in [2.45, 2.75) is 45.7 Å². The largest absolute Gasteiger partial charge is 0.314 e. The fraction of sp³-hybridized carbons (Fsp3) is 0.667. The molecule has 0 radical (unpaired) electrons. The third-order valence-electron chi connectivity index (χ3n) is 3.25. The highest BCUT2D eigenvalue weighted by molar-refractivity contribution is 5.07. The van der Waals surface area contributed by atoms with E-state index < -0.39 is 0 Å². The third kappa shape index (κ3) is 6.12. The van der Waals surface area contributed by atoms with Crippen molar-refractivity contribution in [3.63, 3.8) is 0 Å². The van der Waals surface area contributed by atoms with Crippen molar-refractivity contribution in [3.05, 3.63) is 30.1 Å². The minimum atomic E-state index is 0.682. The van der Waals surface area contributed by atoms with E-state index in [1.54, 1.807) is 0 Å². The van der Waals surface area contributed by atoms with Crippen LogP contribution in [0.2, 0.25) is 0 Å². The van der Waals surface area contributed by atoms with Gasteiger partial charge in [-0.3, -0.25) is 4.98 Å². The van der Waals surface area contributed by atoms with E-state index in [1.165, 1.54) is 24.8 Å². The standard InChI is InChI=1S/C15H27N3/c1-4-15(17-5-2)9-7-11-18(3)13-14-8-6-10-16-12-14/h6,8,10,12,15,17H,4-5,7,9,11,13H2,1-3H3. The molecule has 1 N–H and O–H groups in total. The van der Waals surface area contributed by atoms with Crippen LogP contribution in [-0.2, 0) is 6.54 Å². The summed E-state index contributed by atoms with van der Waals surface area (Å²) in [7, 11) is 2.18. The molecule has 0 saturated carbocycles. The van der Waals surface area contributed by atoms with Crippen molar-refractivity contribution in [3.8, 4) is 0 Å². The minimum absolute atomic E-state index is 0.682. The van der Waals surface area contributed by atoms with Gasteiger partial charge in [0.25, 0.3) is 0 Å². The average Bonchev–Trinajstić information content (AvgIpc) is 2.39. The van der Waals surface area contributed by atoms with E-state index in [0.717, 1.165) is 19.6 Å². The highest BCUT2D eigenvalue weighted by atomic mass is 15.1. The lowest BCUT2D eigenvalue weighted by Crippen LogP contribution is -2.29. The zero-order valence-corrected chi connectivity index (χ0v) is 12.0. The van der Waals surface area contributed by atoms with Crippen molar-refractivity contribution in [2.75, 3.05) is 20.1 Å². The zero-order valence-electron chi connectivity index (χ0n) is 12.0. The van der Waals surface area contributed by atoms with Crippen molar-refractivity contribution in [1.82, 2.24) is 15.2 Å². The number of aromatic nitrogens is 1. The molecule has 1 rings (SSSR count). The van der Waals surface area contributed by atoms with Crippen LogP contribution < -0.4 is 5.32 Å². The molecule has 3 nitrogen and oxygen atoms in total. The first kappa shape index (κ1) is 15.1. The van der Waals surface area contributed by atoms with Gasteiger partial charge in [0.05, 0.1) is 0 Å². The minimum Gasteiger partial charge on any atom is -0.314 e. The van der Waals surface area contributed by atoms with Gasteiger partial charge in [-0.25, -0.2) is 0 Å². The van der Waals surface area contributed by atoms with E-state index in [9.17, 15) is 0 Å². The van der Waals surface area contributed by atoms with Crippen LogP contribution in [0.5, 0.6) is 0 Å². The topological polar surface area (TPSA) is 28.2 Å². The number of hydrogen-bond acceptors (Lipinski definition) is 3. The first-order valence-electron chi connectivity index (χ1n) is 7.07. The quantitative estimate of drug-likeness (QED) is 0.729. The lowest BCUT2D eigenvalue weighted by Gasteiger charge is -2.19. The summed E-state index contributed by atoms with van der Waals surface area (Å²) in [5.41, 5.74) is 1.29. The molecule has 0 aliphatic heterocycles. The Bertz CT molecular complexity index is 300. The summed E-state index contributed by atoms with van der Waals surface area (Å²) in [6, 6.07) is 4.82. The van der Waals surface area contributed by atoms with E-state index in [-0.39, 0.29) is 0 Å². The van der Waals surface area contributed by atoms with Gasteiger partial charge >= 0.3 is 0 Å². The summed E-state index contributed by atoms with van der Waals surface area (Å²) in [5.74, 6) is 0. The Balaban J connectivity index is 2.19. The first-order chi connectivity index (χ1) is 8.76. The first-order valence-corrected chi connectivity index (χ1v) is 7.07. The molecule has 18 heavy (non-hydrogen) atoms. The zero-order chi connectivity index (χ0) is 13.2. The van der Waals surface area contributed by atoms with Gasteiger partial charge < -0.3 is 10.2 Å². The number of rotatable bonds is 9. The molecular formula is C15H27N3. The van der Waals surface area contributed by atoms with Crippen LogP contribution in [0, 0.1) is 0 Å². The van der Waals surface area contributed by atoms with E-state index in [2.05, 4.69) is 42.2 Å². The summed E-state index contributed by atoms with van der Waals surface area (Å²) in [6.07, 6.45) is 7.51. The summed E-state index contributed by atoms with van der Waals surface area (Å²) >= 11 is 0. The van der Waals surface area contributed by atoms with Gasteiger partial charge in [-0.1, -0.05) is 19.9 Å². The molecule has 0 saturated heterocycles. The van der Waals surface area contributed by atoms with Crippen LogP contribution in [0.25, 0.3) is 0 Å². The van der Waals surface area contributed by atoms with E-state index >= 15 is 0 Å². The molecule has 0 aromatic carbocycles. The predicted octanol–water partition coefficient (Wildman–Crippen LogP) is 2.68. The van der Waals surface area contributed by atoms with Gasteiger partial charge in [-0.2, -0.15) is 0 Å². The van der Waals surface area contributed by atoms with Crippen LogP contribution in [0.1, 0.15) is 38.7 Å². The molecule has 1 heterocycles. The fourth-order valence-electron chi connectivity index (χ4n) is 2.23. The Kier molecular flexibility index (Phi) is 7.62. The summed E-state index contributed by atoms with van der Waals surface area (Å²) in [6.45, 7) is 7.65.